The van der Waals surface area contributed by atoms with Crippen LogP contribution in [0.15, 0.2) is 48.5 Å². The molecule has 0 spiro atoms. The number of nitrogens with zero attached hydrogens (tertiary/aromatic N) is 1. The number of carbonyl (C=O) groups is 2. The van der Waals surface area contributed by atoms with Crippen molar-refractivity contribution < 1.29 is 24.5 Å². The van der Waals surface area contributed by atoms with E-state index in [1.165, 1.54) is 6.07 Å². The topological polar surface area (TPSA) is 111 Å². The monoisotopic (exact) mass is 413 g/mol. The summed E-state index contributed by atoms with van der Waals surface area (Å²) in [5.41, 5.74) is 1.93. The quantitative estimate of drug-likeness (QED) is 0.505. The highest BCUT2D eigenvalue weighted by molar-refractivity contribution is 5.98. The van der Waals surface area contributed by atoms with Crippen molar-refractivity contribution in [3.8, 4) is 5.75 Å². The van der Waals surface area contributed by atoms with Crippen molar-refractivity contribution >= 4 is 11.8 Å². The summed E-state index contributed by atoms with van der Waals surface area (Å²) in [7, 11) is 0. The molecule has 1 atom stereocenters. The van der Waals surface area contributed by atoms with Crippen molar-refractivity contribution in [2.24, 2.45) is 0 Å². The molecule has 1 fully saturated rings. The van der Waals surface area contributed by atoms with Crippen LogP contribution >= 0.6 is 0 Å². The summed E-state index contributed by atoms with van der Waals surface area (Å²) in [6, 6.07) is 12.9. The number of nitrogens with one attached hydrogen (secondary N) is 2. The highest BCUT2D eigenvalue weighted by atomic mass is 16.5. The van der Waals surface area contributed by atoms with Gasteiger partial charge in [-0.1, -0.05) is 30.3 Å². The smallest absolute Gasteiger partial charge is 0.252 e. The first-order valence-electron chi connectivity index (χ1n) is 9.91. The number of aliphatic hydroxyl groups excluding tert-OH is 1. The second-order valence-corrected chi connectivity index (χ2v) is 7.19. The zero-order chi connectivity index (χ0) is 21.3. The fourth-order valence-corrected chi connectivity index (χ4v) is 3.26. The zero-order valence-corrected chi connectivity index (χ0v) is 16.7. The number of ether oxygens (including phenoxy) is 1. The van der Waals surface area contributed by atoms with Gasteiger partial charge in [-0.05, 0) is 29.3 Å². The van der Waals surface area contributed by atoms with E-state index in [4.69, 9.17) is 4.74 Å². The van der Waals surface area contributed by atoms with E-state index in [1.807, 2.05) is 30.3 Å². The van der Waals surface area contributed by atoms with Crippen LogP contribution in [0.5, 0.6) is 5.75 Å². The van der Waals surface area contributed by atoms with Gasteiger partial charge in [-0.2, -0.15) is 0 Å². The van der Waals surface area contributed by atoms with Gasteiger partial charge in [0.15, 0.2) is 0 Å². The zero-order valence-electron chi connectivity index (χ0n) is 16.7. The molecule has 1 unspecified atom stereocenters. The van der Waals surface area contributed by atoms with Gasteiger partial charge in [0.2, 0.25) is 5.91 Å². The maximum absolute atomic E-state index is 12.6. The molecule has 1 saturated heterocycles. The Morgan fingerprint density at radius 2 is 1.80 bits per heavy atom. The molecular weight excluding hydrogens is 386 g/mol. The van der Waals surface area contributed by atoms with E-state index in [9.17, 15) is 19.8 Å². The first kappa shape index (κ1) is 21.8. The number of phenols is 1. The van der Waals surface area contributed by atoms with Crippen LogP contribution in [-0.2, 0) is 22.6 Å². The number of rotatable bonds is 8. The summed E-state index contributed by atoms with van der Waals surface area (Å²) in [4.78, 5) is 27.2. The predicted molar refractivity (Wildman–Crippen MR) is 111 cm³/mol. The molecule has 8 heteroatoms. The highest BCUT2D eigenvalue weighted by Gasteiger charge is 2.21. The molecule has 2 aromatic rings. The van der Waals surface area contributed by atoms with Crippen molar-refractivity contribution in [2.75, 3.05) is 32.9 Å². The second kappa shape index (κ2) is 10.7. The summed E-state index contributed by atoms with van der Waals surface area (Å²) >= 11 is 0. The Kier molecular flexibility index (Phi) is 7.78. The van der Waals surface area contributed by atoms with Crippen LogP contribution in [-0.4, -0.2) is 65.9 Å². The minimum atomic E-state index is -1.09. The number of carbonyl (C=O) groups excluding carboxylic acids is 2. The molecule has 0 saturated carbocycles. The lowest BCUT2D eigenvalue weighted by Crippen LogP contribution is -2.48. The summed E-state index contributed by atoms with van der Waals surface area (Å²) < 4.78 is 5.33. The van der Waals surface area contributed by atoms with Crippen LogP contribution in [0.25, 0.3) is 0 Å². The SMILES string of the molecule is O=C(NC(CO)C(=O)NCc1ccccc1)c1cc(O)cc(CN2CCOCC2)c1. The Bertz CT molecular complexity index is 853. The van der Waals surface area contributed by atoms with Crippen molar-refractivity contribution in [2.45, 2.75) is 19.1 Å². The third-order valence-corrected chi connectivity index (χ3v) is 4.86. The fraction of sp³-hybridized carbons (Fsp3) is 0.364. The lowest BCUT2D eigenvalue weighted by Gasteiger charge is -2.26. The van der Waals surface area contributed by atoms with Crippen molar-refractivity contribution in [3.05, 3.63) is 65.2 Å². The number of hydrogen-bond acceptors (Lipinski definition) is 6. The van der Waals surface area contributed by atoms with E-state index in [1.54, 1.807) is 12.1 Å². The standard InChI is InChI=1S/C22H27N3O5/c26-15-20(22(29)23-13-16-4-2-1-3-5-16)24-21(28)18-10-17(11-19(27)12-18)14-25-6-8-30-9-7-25/h1-5,10-12,20,26-27H,6-9,13-15H2,(H,23,29)(H,24,28). The van der Waals surface area contributed by atoms with Crippen molar-refractivity contribution in [1.82, 2.24) is 15.5 Å². The molecule has 0 aliphatic carbocycles. The van der Waals surface area contributed by atoms with E-state index in [0.29, 0.717) is 26.3 Å². The normalized spacial score (nSPS) is 15.4. The lowest BCUT2D eigenvalue weighted by molar-refractivity contribution is -0.124. The molecule has 8 nitrogen and oxygen atoms in total. The van der Waals surface area contributed by atoms with Gasteiger partial charge in [0.05, 0.1) is 19.8 Å². The van der Waals surface area contributed by atoms with Crippen LogP contribution < -0.4 is 10.6 Å². The Labute approximate surface area is 175 Å². The maximum atomic E-state index is 12.6. The van der Waals surface area contributed by atoms with E-state index in [2.05, 4.69) is 15.5 Å². The number of morpholine rings is 1. The number of phenolic OH excluding ortho intramolecular Hbond substituents is 1. The van der Waals surface area contributed by atoms with E-state index >= 15 is 0 Å². The van der Waals surface area contributed by atoms with Crippen molar-refractivity contribution in [3.63, 3.8) is 0 Å². The number of benzene rings is 2. The first-order chi connectivity index (χ1) is 14.5. The molecule has 160 valence electrons. The van der Waals surface area contributed by atoms with Gasteiger partial charge in [0.25, 0.3) is 5.91 Å². The maximum Gasteiger partial charge on any atom is 0.252 e. The van der Waals surface area contributed by atoms with E-state index in [-0.39, 0.29) is 11.3 Å². The molecule has 2 aromatic carbocycles. The molecule has 0 aromatic heterocycles. The van der Waals surface area contributed by atoms with Crippen LogP contribution in [0.3, 0.4) is 0 Å². The van der Waals surface area contributed by atoms with Gasteiger partial charge >= 0.3 is 0 Å². The van der Waals surface area contributed by atoms with Crippen LogP contribution in [0.1, 0.15) is 21.5 Å². The molecule has 30 heavy (non-hydrogen) atoms. The minimum absolute atomic E-state index is 0.0278. The van der Waals surface area contributed by atoms with Crippen molar-refractivity contribution in [1.29, 1.82) is 0 Å². The number of aliphatic hydroxyl groups is 1. The van der Waals surface area contributed by atoms with Gasteiger partial charge in [0, 0.05) is 31.7 Å². The summed E-state index contributed by atoms with van der Waals surface area (Å²) in [5, 5.41) is 24.8. The highest BCUT2D eigenvalue weighted by Crippen LogP contribution is 2.18. The Morgan fingerprint density at radius 3 is 2.50 bits per heavy atom. The van der Waals surface area contributed by atoms with E-state index in [0.717, 1.165) is 24.2 Å². The average molecular weight is 413 g/mol. The third kappa shape index (κ3) is 6.28. The van der Waals surface area contributed by atoms with Gasteiger partial charge in [0.1, 0.15) is 11.8 Å². The largest absolute Gasteiger partial charge is 0.508 e. The molecule has 0 bridgehead atoms. The number of amides is 2. The predicted octanol–water partition coefficient (Wildman–Crippen LogP) is 0.632. The fourth-order valence-electron chi connectivity index (χ4n) is 3.26. The van der Waals surface area contributed by atoms with Crippen LogP contribution in [0.2, 0.25) is 0 Å². The average Bonchev–Trinajstić information content (AvgIpc) is 2.76. The van der Waals surface area contributed by atoms with Crippen LogP contribution in [0.4, 0.5) is 0 Å². The lowest BCUT2D eigenvalue weighted by atomic mass is 10.1. The van der Waals surface area contributed by atoms with E-state index < -0.39 is 24.5 Å². The third-order valence-electron chi connectivity index (χ3n) is 4.86. The summed E-state index contributed by atoms with van der Waals surface area (Å²) in [6.07, 6.45) is 0. The minimum Gasteiger partial charge on any atom is -0.508 e. The second-order valence-electron chi connectivity index (χ2n) is 7.19. The van der Waals surface area contributed by atoms with Gasteiger partial charge in [-0.15, -0.1) is 0 Å². The first-order valence-corrected chi connectivity index (χ1v) is 9.91. The van der Waals surface area contributed by atoms with Gasteiger partial charge < -0.3 is 25.6 Å². The van der Waals surface area contributed by atoms with Gasteiger partial charge in [-0.3, -0.25) is 14.5 Å². The molecule has 1 aliphatic heterocycles. The molecular formula is C22H27N3O5. The summed E-state index contributed by atoms with van der Waals surface area (Å²) in [6.45, 7) is 3.22. The molecule has 2 amide bonds. The van der Waals surface area contributed by atoms with Gasteiger partial charge in [-0.25, -0.2) is 0 Å². The Balaban J connectivity index is 1.60. The molecule has 1 aliphatic rings. The summed E-state index contributed by atoms with van der Waals surface area (Å²) in [5.74, 6) is -1.05. The molecule has 1 heterocycles. The molecule has 3 rings (SSSR count). The molecule has 0 radical (unpaired) electrons. The van der Waals surface area contributed by atoms with Crippen LogP contribution in [0, 0.1) is 0 Å². The Hall–Kier alpha value is -2.94. The Morgan fingerprint density at radius 1 is 1.07 bits per heavy atom. The number of hydrogen-bond donors (Lipinski definition) is 4. The number of aromatic hydroxyl groups is 1. The molecule has 4 N–H and O–H groups in total.